The van der Waals surface area contributed by atoms with E-state index in [-0.39, 0.29) is 11.7 Å². The van der Waals surface area contributed by atoms with Crippen LogP contribution in [0.3, 0.4) is 0 Å². The van der Waals surface area contributed by atoms with Crippen LogP contribution in [-0.2, 0) is 10.0 Å². The molecule has 0 aliphatic carbocycles. The monoisotopic (exact) mass is 391 g/mol. The quantitative estimate of drug-likeness (QED) is 0.506. The van der Waals surface area contributed by atoms with E-state index in [4.69, 9.17) is 4.42 Å². The molecule has 2 amide bonds. The van der Waals surface area contributed by atoms with Crippen molar-refractivity contribution < 1.29 is 22.6 Å². The number of para-hydroxylation sites is 1. The van der Waals surface area contributed by atoms with Gasteiger partial charge < -0.3 is 4.42 Å². The third-order valence-electron chi connectivity index (χ3n) is 3.51. The van der Waals surface area contributed by atoms with E-state index in [9.17, 15) is 23.3 Å². The number of sulfonamides is 1. The van der Waals surface area contributed by atoms with Gasteiger partial charge in [0, 0.05) is 6.07 Å². The lowest BCUT2D eigenvalue weighted by Gasteiger charge is -2.08. The number of rotatable bonds is 4. The Hall–Kier alpha value is -3.54. The van der Waals surface area contributed by atoms with E-state index < -0.39 is 31.6 Å². The van der Waals surface area contributed by atoms with Crippen LogP contribution >= 0.6 is 0 Å². The summed E-state index contributed by atoms with van der Waals surface area (Å²) in [4.78, 5) is 29.6. The third kappa shape index (κ3) is 3.69. The summed E-state index contributed by atoms with van der Waals surface area (Å²) in [5.41, 5.74) is 0.0999. The number of carbonyl (C=O) groups excluding carboxylic acids is 1. The fourth-order valence-electron chi connectivity index (χ4n) is 2.38. The molecule has 2 heterocycles. The van der Waals surface area contributed by atoms with Gasteiger partial charge in [0.2, 0.25) is 11.7 Å². The van der Waals surface area contributed by atoms with Crippen molar-refractivity contribution in [2.45, 2.75) is 18.7 Å². The van der Waals surface area contributed by atoms with E-state index >= 15 is 0 Å². The van der Waals surface area contributed by atoms with Gasteiger partial charge in [0.15, 0.2) is 4.90 Å². The van der Waals surface area contributed by atoms with E-state index in [0.29, 0.717) is 16.8 Å². The Morgan fingerprint density at radius 3 is 2.63 bits per heavy atom. The molecule has 0 aliphatic heterocycles. The highest BCUT2D eigenvalue weighted by Gasteiger charge is 2.27. The summed E-state index contributed by atoms with van der Waals surface area (Å²) in [6.07, 6.45) is 0. The first-order valence-electron chi connectivity index (χ1n) is 7.49. The van der Waals surface area contributed by atoms with Crippen molar-refractivity contribution >= 4 is 38.8 Å². The standard InChI is InChI=1S/C15H13N5O6S/c1-8-7-10-9(2)16-14(17-13(10)26-8)18-15(21)19-27(24,25)12-6-4-3-5-11(12)20(22)23/h3-7H,1-2H3,(H2,16,17,18,19,21). The maximum absolute atomic E-state index is 12.3. The van der Waals surface area contributed by atoms with E-state index in [1.165, 1.54) is 12.1 Å². The van der Waals surface area contributed by atoms with Gasteiger partial charge in [-0.15, -0.1) is 0 Å². The van der Waals surface area contributed by atoms with Crippen LogP contribution in [0.1, 0.15) is 11.5 Å². The zero-order chi connectivity index (χ0) is 19.8. The van der Waals surface area contributed by atoms with Crippen molar-refractivity contribution in [3.05, 3.63) is 51.9 Å². The van der Waals surface area contributed by atoms with Crippen molar-refractivity contribution in [2.75, 3.05) is 5.32 Å². The summed E-state index contributed by atoms with van der Waals surface area (Å²) in [6.45, 7) is 3.40. The number of nitro groups is 1. The van der Waals surface area contributed by atoms with E-state index in [2.05, 4.69) is 15.3 Å². The minimum atomic E-state index is -4.49. The van der Waals surface area contributed by atoms with Crippen LogP contribution < -0.4 is 10.0 Å². The number of urea groups is 1. The first-order chi connectivity index (χ1) is 12.7. The van der Waals surface area contributed by atoms with Crippen molar-refractivity contribution in [1.82, 2.24) is 14.7 Å². The summed E-state index contributed by atoms with van der Waals surface area (Å²) in [7, 11) is -4.49. The molecule has 0 bridgehead atoms. The number of amides is 2. The zero-order valence-electron chi connectivity index (χ0n) is 14.1. The zero-order valence-corrected chi connectivity index (χ0v) is 14.9. The molecule has 0 saturated heterocycles. The lowest BCUT2D eigenvalue weighted by atomic mass is 10.3. The number of aromatic nitrogens is 2. The Labute approximate surface area is 152 Å². The summed E-state index contributed by atoms with van der Waals surface area (Å²) >= 11 is 0. The van der Waals surface area contributed by atoms with E-state index in [1.807, 2.05) is 0 Å². The number of hydrogen-bond acceptors (Lipinski definition) is 8. The Morgan fingerprint density at radius 1 is 1.22 bits per heavy atom. The minimum absolute atomic E-state index is 0.176. The lowest BCUT2D eigenvalue weighted by molar-refractivity contribution is -0.387. The molecular formula is C15H13N5O6S. The van der Waals surface area contributed by atoms with Crippen LogP contribution in [0.4, 0.5) is 16.4 Å². The molecule has 27 heavy (non-hydrogen) atoms. The van der Waals surface area contributed by atoms with Crippen LogP contribution in [-0.4, -0.2) is 29.3 Å². The number of nitro benzene ring substituents is 1. The number of nitrogens with one attached hydrogen (secondary N) is 2. The number of hydrogen-bond donors (Lipinski definition) is 2. The van der Waals surface area contributed by atoms with E-state index in [0.717, 1.165) is 12.1 Å². The average Bonchev–Trinajstić information content (AvgIpc) is 2.95. The first kappa shape index (κ1) is 18.3. The SMILES string of the molecule is Cc1cc2c(C)nc(NC(=O)NS(=O)(=O)c3ccccc3[N+](=O)[O-])nc2o1. The van der Waals surface area contributed by atoms with Gasteiger partial charge in [0.25, 0.3) is 15.7 Å². The summed E-state index contributed by atoms with van der Waals surface area (Å²) < 4.78 is 31.7. The fraction of sp³-hybridized carbons (Fsp3) is 0.133. The summed E-state index contributed by atoms with van der Waals surface area (Å²) in [5.74, 6) is 0.424. The van der Waals surface area contributed by atoms with Gasteiger partial charge in [-0.3, -0.25) is 15.4 Å². The number of carbonyl (C=O) groups is 1. The molecule has 2 aromatic heterocycles. The van der Waals surface area contributed by atoms with Crippen molar-refractivity contribution in [2.24, 2.45) is 0 Å². The van der Waals surface area contributed by atoms with Gasteiger partial charge in [0.05, 0.1) is 16.0 Å². The van der Waals surface area contributed by atoms with E-state index in [1.54, 1.807) is 24.6 Å². The Balaban J connectivity index is 1.84. The van der Waals surface area contributed by atoms with Crippen LogP contribution in [0.15, 0.2) is 39.6 Å². The highest BCUT2D eigenvalue weighted by Crippen LogP contribution is 2.23. The molecule has 12 heteroatoms. The van der Waals surface area contributed by atoms with Gasteiger partial charge in [0.1, 0.15) is 5.76 Å². The number of fused-ring (bicyclic) bond motifs is 1. The number of anilines is 1. The predicted molar refractivity (Wildman–Crippen MR) is 93.7 cm³/mol. The summed E-state index contributed by atoms with van der Waals surface area (Å²) in [6, 6.07) is 5.22. The fourth-order valence-corrected chi connectivity index (χ4v) is 3.46. The van der Waals surface area contributed by atoms with Gasteiger partial charge in [-0.1, -0.05) is 12.1 Å². The molecule has 0 radical (unpaired) electrons. The predicted octanol–water partition coefficient (Wildman–Crippen LogP) is 2.26. The van der Waals surface area contributed by atoms with Gasteiger partial charge in [-0.2, -0.15) is 4.98 Å². The molecule has 3 aromatic rings. The highest BCUT2D eigenvalue weighted by atomic mass is 32.2. The van der Waals surface area contributed by atoms with Crippen molar-refractivity contribution in [3.8, 4) is 0 Å². The molecular weight excluding hydrogens is 378 g/mol. The molecule has 0 spiro atoms. The van der Waals surface area contributed by atoms with Crippen molar-refractivity contribution in [3.63, 3.8) is 0 Å². The Bertz CT molecular complexity index is 1170. The minimum Gasteiger partial charge on any atom is -0.443 e. The first-order valence-corrected chi connectivity index (χ1v) is 8.98. The number of benzene rings is 1. The second-order valence-corrected chi connectivity index (χ2v) is 7.14. The molecule has 0 fully saturated rings. The smallest absolute Gasteiger partial charge is 0.335 e. The number of nitrogens with zero attached hydrogens (tertiary/aromatic N) is 3. The molecule has 1 aromatic carbocycles. The van der Waals surface area contributed by atoms with Gasteiger partial charge >= 0.3 is 6.03 Å². The Morgan fingerprint density at radius 2 is 1.93 bits per heavy atom. The second kappa shape index (κ2) is 6.64. The van der Waals surface area contributed by atoms with Crippen LogP contribution in [0, 0.1) is 24.0 Å². The number of aryl methyl sites for hydroxylation is 2. The molecule has 140 valence electrons. The molecule has 0 saturated carbocycles. The van der Waals surface area contributed by atoms with Gasteiger partial charge in [-0.25, -0.2) is 22.9 Å². The van der Waals surface area contributed by atoms with Crippen LogP contribution in [0.25, 0.3) is 11.1 Å². The maximum atomic E-state index is 12.3. The average molecular weight is 391 g/mol. The maximum Gasteiger partial charge on any atom is 0.335 e. The topological polar surface area (TPSA) is 157 Å². The summed E-state index contributed by atoms with van der Waals surface area (Å²) in [5, 5.41) is 13.8. The second-order valence-electron chi connectivity index (χ2n) is 5.49. The molecule has 0 unspecified atom stereocenters. The third-order valence-corrected chi connectivity index (χ3v) is 4.89. The Kier molecular flexibility index (Phi) is 4.49. The normalized spacial score (nSPS) is 11.3. The van der Waals surface area contributed by atoms with Crippen molar-refractivity contribution in [1.29, 1.82) is 0 Å². The van der Waals surface area contributed by atoms with Crippen LogP contribution in [0.5, 0.6) is 0 Å². The molecule has 11 nitrogen and oxygen atoms in total. The molecule has 0 atom stereocenters. The number of furan rings is 1. The largest absolute Gasteiger partial charge is 0.443 e. The molecule has 2 N–H and O–H groups in total. The molecule has 3 rings (SSSR count). The van der Waals surface area contributed by atoms with Crippen LogP contribution in [0.2, 0.25) is 0 Å². The highest BCUT2D eigenvalue weighted by molar-refractivity contribution is 7.90. The van der Waals surface area contributed by atoms with Gasteiger partial charge in [-0.05, 0) is 26.0 Å². The lowest BCUT2D eigenvalue weighted by Crippen LogP contribution is -2.35. The molecule has 0 aliphatic rings.